The molecule has 1 aliphatic rings. The van der Waals surface area contributed by atoms with Crippen molar-refractivity contribution in [1.29, 1.82) is 0 Å². The van der Waals surface area contributed by atoms with E-state index in [-0.39, 0.29) is 12.1 Å². The molecule has 2 N–H and O–H groups in total. The summed E-state index contributed by atoms with van der Waals surface area (Å²) in [5.74, 6) is 0.999. The van der Waals surface area contributed by atoms with Gasteiger partial charge in [-0.15, -0.1) is 0 Å². The van der Waals surface area contributed by atoms with Gasteiger partial charge < -0.3 is 10.2 Å². The second kappa shape index (κ2) is 6.41. The summed E-state index contributed by atoms with van der Waals surface area (Å²) in [4.78, 5) is 6.77. The third-order valence-corrected chi connectivity index (χ3v) is 4.19. The first-order valence-corrected chi connectivity index (χ1v) is 7.73. The molecular formula is C17H23N3O. The molecule has 1 aliphatic carbocycles. The fraction of sp³-hybridized carbons (Fsp3) is 0.471. The Labute approximate surface area is 126 Å². The SMILES string of the molecule is CCC(N)C(c1cccnc1)N(Cc1ccco1)C1CC1. The highest BCUT2D eigenvalue weighted by Crippen LogP contribution is 2.37. The van der Waals surface area contributed by atoms with Crippen LogP contribution in [0.2, 0.25) is 0 Å². The molecule has 0 radical (unpaired) electrons. The van der Waals surface area contributed by atoms with Crippen LogP contribution in [0.15, 0.2) is 47.3 Å². The zero-order chi connectivity index (χ0) is 14.7. The second-order valence-electron chi connectivity index (χ2n) is 5.79. The molecule has 2 atom stereocenters. The predicted octanol–water partition coefficient (Wildman–Crippen LogP) is 3.12. The van der Waals surface area contributed by atoms with Crippen molar-refractivity contribution < 1.29 is 4.42 Å². The highest BCUT2D eigenvalue weighted by molar-refractivity contribution is 5.18. The number of rotatable bonds is 7. The van der Waals surface area contributed by atoms with Gasteiger partial charge in [0.05, 0.1) is 18.8 Å². The van der Waals surface area contributed by atoms with Gasteiger partial charge in [-0.25, -0.2) is 0 Å². The molecular weight excluding hydrogens is 262 g/mol. The van der Waals surface area contributed by atoms with Crippen LogP contribution < -0.4 is 5.73 Å². The predicted molar refractivity (Wildman–Crippen MR) is 82.5 cm³/mol. The first-order valence-electron chi connectivity index (χ1n) is 7.73. The monoisotopic (exact) mass is 285 g/mol. The molecule has 4 nitrogen and oxygen atoms in total. The molecule has 1 fully saturated rings. The Kier molecular flexibility index (Phi) is 4.36. The molecule has 0 aromatic carbocycles. The Bertz CT molecular complexity index is 536. The van der Waals surface area contributed by atoms with Gasteiger partial charge in [-0.3, -0.25) is 9.88 Å². The Morgan fingerprint density at radius 1 is 1.38 bits per heavy atom. The van der Waals surface area contributed by atoms with Gasteiger partial charge in [0.15, 0.2) is 0 Å². The average Bonchev–Trinajstić information content (AvgIpc) is 3.24. The van der Waals surface area contributed by atoms with E-state index in [1.165, 1.54) is 18.4 Å². The summed E-state index contributed by atoms with van der Waals surface area (Å²) in [5, 5.41) is 0. The Hall–Kier alpha value is -1.65. The molecule has 0 aliphatic heterocycles. The van der Waals surface area contributed by atoms with Gasteiger partial charge in [0.1, 0.15) is 5.76 Å². The quantitative estimate of drug-likeness (QED) is 0.849. The molecule has 112 valence electrons. The Morgan fingerprint density at radius 3 is 2.81 bits per heavy atom. The molecule has 3 rings (SSSR count). The van der Waals surface area contributed by atoms with Crippen molar-refractivity contribution in [2.75, 3.05) is 0 Å². The Balaban J connectivity index is 1.88. The number of furan rings is 1. The van der Waals surface area contributed by atoms with Crippen LogP contribution in [0.25, 0.3) is 0 Å². The molecule has 0 saturated heterocycles. The van der Waals surface area contributed by atoms with Crippen molar-refractivity contribution in [3.05, 3.63) is 54.2 Å². The van der Waals surface area contributed by atoms with E-state index in [1.807, 2.05) is 30.6 Å². The molecule has 2 aromatic rings. The first kappa shape index (κ1) is 14.3. The van der Waals surface area contributed by atoms with Crippen molar-refractivity contribution in [3.8, 4) is 0 Å². The molecule has 0 amide bonds. The maximum atomic E-state index is 6.44. The summed E-state index contributed by atoms with van der Waals surface area (Å²) in [6.45, 7) is 2.96. The maximum Gasteiger partial charge on any atom is 0.117 e. The summed E-state index contributed by atoms with van der Waals surface area (Å²) in [5.41, 5.74) is 7.64. The highest BCUT2D eigenvalue weighted by atomic mass is 16.3. The fourth-order valence-corrected chi connectivity index (χ4v) is 2.90. The van der Waals surface area contributed by atoms with Gasteiger partial charge >= 0.3 is 0 Å². The first-order chi connectivity index (χ1) is 10.3. The van der Waals surface area contributed by atoms with Crippen LogP contribution >= 0.6 is 0 Å². The van der Waals surface area contributed by atoms with Crippen molar-refractivity contribution in [3.63, 3.8) is 0 Å². The molecule has 0 bridgehead atoms. The van der Waals surface area contributed by atoms with E-state index in [0.29, 0.717) is 6.04 Å². The van der Waals surface area contributed by atoms with Crippen LogP contribution in [-0.2, 0) is 6.54 Å². The van der Waals surface area contributed by atoms with E-state index in [9.17, 15) is 0 Å². The maximum absolute atomic E-state index is 6.44. The van der Waals surface area contributed by atoms with E-state index in [4.69, 9.17) is 10.2 Å². The lowest BCUT2D eigenvalue weighted by molar-refractivity contribution is 0.139. The lowest BCUT2D eigenvalue weighted by Crippen LogP contribution is -2.41. The number of nitrogens with zero attached hydrogens (tertiary/aromatic N) is 2. The summed E-state index contributed by atoms with van der Waals surface area (Å²) < 4.78 is 5.54. The van der Waals surface area contributed by atoms with E-state index in [1.54, 1.807) is 6.26 Å². The van der Waals surface area contributed by atoms with E-state index in [2.05, 4.69) is 22.9 Å². The number of aromatic nitrogens is 1. The molecule has 4 heteroatoms. The third-order valence-electron chi connectivity index (χ3n) is 4.19. The van der Waals surface area contributed by atoms with E-state index in [0.717, 1.165) is 18.7 Å². The highest BCUT2D eigenvalue weighted by Gasteiger charge is 2.37. The van der Waals surface area contributed by atoms with Gasteiger partial charge in [-0.2, -0.15) is 0 Å². The van der Waals surface area contributed by atoms with Gasteiger partial charge in [0.2, 0.25) is 0 Å². The topological polar surface area (TPSA) is 55.3 Å². The van der Waals surface area contributed by atoms with Gasteiger partial charge in [0, 0.05) is 24.5 Å². The zero-order valence-corrected chi connectivity index (χ0v) is 12.5. The van der Waals surface area contributed by atoms with E-state index < -0.39 is 0 Å². The lowest BCUT2D eigenvalue weighted by atomic mass is 9.97. The van der Waals surface area contributed by atoms with Crippen LogP contribution in [0.1, 0.15) is 43.6 Å². The van der Waals surface area contributed by atoms with E-state index >= 15 is 0 Å². The van der Waals surface area contributed by atoms with Crippen LogP contribution in [0.3, 0.4) is 0 Å². The normalized spacial score (nSPS) is 17.9. The smallest absolute Gasteiger partial charge is 0.117 e. The van der Waals surface area contributed by atoms with Crippen molar-refractivity contribution in [1.82, 2.24) is 9.88 Å². The number of hydrogen-bond donors (Lipinski definition) is 1. The number of hydrogen-bond acceptors (Lipinski definition) is 4. The molecule has 2 aromatic heterocycles. The fourth-order valence-electron chi connectivity index (χ4n) is 2.90. The van der Waals surface area contributed by atoms with Gasteiger partial charge in [-0.1, -0.05) is 13.0 Å². The van der Waals surface area contributed by atoms with Crippen molar-refractivity contribution in [2.24, 2.45) is 5.73 Å². The summed E-state index contributed by atoms with van der Waals surface area (Å²) in [7, 11) is 0. The number of pyridine rings is 1. The minimum Gasteiger partial charge on any atom is -0.468 e. The minimum atomic E-state index is 0.102. The van der Waals surface area contributed by atoms with Gasteiger partial charge in [-0.05, 0) is 43.0 Å². The largest absolute Gasteiger partial charge is 0.468 e. The average molecular weight is 285 g/mol. The third kappa shape index (κ3) is 3.34. The standard InChI is InChI=1S/C17H23N3O/c1-2-16(18)17(13-5-3-9-19-11-13)20(14-7-8-14)12-15-6-4-10-21-15/h3-6,9-11,14,16-17H,2,7-8,12,18H2,1H3. The lowest BCUT2D eigenvalue weighted by Gasteiger charge is -2.35. The summed E-state index contributed by atoms with van der Waals surface area (Å²) >= 11 is 0. The Morgan fingerprint density at radius 2 is 2.24 bits per heavy atom. The molecule has 2 heterocycles. The summed E-state index contributed by atoms with van der Waals surface area (Å²) in [6.07, 6.45) is 8.92. The molecule has 2 unspecified atom stereocenters. The molecule has 21 heavy (non-hydrogen) atoms. The second-order valence-corrected chi connectivity index (χ2v) is 5.79. The minimum absolute atomic E-state index is 0.102. The molecule has 1 saturated carbocycles. The number of nitrogens with two attached hydrogens (primary N) is 1. The molecule has 0 spiro atoms. The van der Waals surface area contributed by atoms with Crippen LogP contribution in [0, 0.1) is 0 Å². The van der Waals surface area contributed by atoms with Crippen molar-refractivity contribution in [2.45, 2.75) is 50.9 Å². The van der Waals surface area contributed by atoms with Crippen LogP contribution in [0.4, 0.5) is 0 Å². The van der Waals surface area contributed by atoms with Gasteiger partial charge in [0.25, 0.3) is 0 Å². The van der Waals surface area contributed by atoms with Crippen molar-refractivity contribution >= 4 is 0 Å². The zero-order valence-electron chi connectivity index (χ0n) is 12.5. The summed E-state index contributed by atoms with van der Waals surface area (Å²) in [6, 6.07) is 9.00. The van der Waals surface area contributed by atoms with Crippen LogP contribution in [-0.4, -0.2) is 22.0 Å². The van der Waals surface area contributed by atoms with Crippen LogP contribution in [0.5, 0.6) is 0 Å².